The van der Waals surface area contributed by atoms with E-state index in [0.29, 0.717) is 34.9 Å². The largest absolute Gasteiger partial charge is 0.496 e. The van der Waals surface area contributed by atoms with Crippen molar-refractivity contribution in [3.05, 3.63) is 63.2 Å². The van der Waals surface area contributed by atoms with Gasteiger partial charge in [0.25, 0.3) is 5.56 Å². The lowest BCUT2D eigenvalue weighted by Crippen LogP contribution is -2.39. The number of hydrogen-bond donors (Lipinski definition) is 2. The van der Waals surface area contributed by atoms with Crippen LogP contribution in [0.5, 0.6) is 5.75 Å². The van der Waals surface area contributed by atoms with E-state index < -0.39 is 5.97 Å². The number of aryl methyl sites for hydroxylation is 1. The van der Waals surface area contributed by atoms with E-state index in [9.17, 15) is 14.4 Å². The SMILES string of the molecule is COc1cc(C)[nH]c(=O)c1CCC(=O)c1c(C)n(C(C)C2CCN(CC(=O)O)CC2)c2ccccc12. The predicted octanol–water partition coefficient (Wildman–Crippen LogP) is 4.13. The summed E-state index contributed by atoms with van der Waals surface area (Å²) in [4.78, 5) is 41.9. The van der Waals surface area contributed by atoms with Gasteiger partial charge in [-0.1, -0.05) is 18.2 Å². The summed E-state index contributed by atoms with van der Waals surface area (Å²) in [6.07, 6.45) is 2.34. The summed E-state index contributed by atoms with van der Waals surface area (Å²) < 4.78 is 7.68. The topological polar surface area (TPSA) is 105 Å². The molecule has 1 unspecified atom stereocenters. The Morgan fingerprint density at radius 2 is 1.89 bits per heavy atom. The van der Waals surface area contributed by atoms with Crippen LogP contribution in [0.15, 0.2) is 35.1 Å². The molecule has 0 amide bonds. The molecule has 36 heavy (non-hydrogen) atoms. The Bertz CT molecular complexity index is 1330. The number of aromatic nitrogens is 2. The molecule has 4 rings (SSSR count). The number of likely N-dealkylation sites (tertiary alicyclic amines) is 1. The van der Waals surface area contributed by atoms with Gasteiger partial charge in [0.05, 0.1) is 19.2 Å². The van der Waals surface area contributed by atoms with Gasteiger partial charge in [0, 0.05) is 40.3 Å². The molecule has 0 aliphatic carbocycles. The van der Waals surface area contributed by atoms with Crippen molar-refractivity contribution in [1.29, 1.82) is 0 Å². The monoisotopic (exact) mass is 493 g/mol. The highest BCUT2D eigenvalue weighted by molar-refractivity contribution is 6.09. The smallest absolute Gasteiger partial charge is 0.317 e. The third-order valence-electron chi connectivity index (χ3n) is 7.57. The molecule has 8 nitrogen and oxygen atoms in total. The Balaban J connectivity index is 1.59. The van der Waals surface area contributed by atoms with E-state index in [0.717, 1.165) is 42.5 Å². The van der Waals surface area contributed by atoms with Gasteiger partial charge in [-0.2, -0.15) is 0 Å². The summed E-state index contributed by atoms with van der Waals surface area (Å²) in [6, 6.07) is 9.94. The maximum atomic E-state index is 13.6. The Morgan fingerprint density at radius 1 is 1.19 bits per heavy atom. The number of carbonyl (C=O) groups is 2. The minimum absolute atomic E-state index is 0.00737. The van der Waals surface area contributed by atoms with Crippen LogP contribution in [0.4, 0.5) is 0 Å². The van der Waals surface area contributed by atoms with E-state index in [2.05, 4.69) is 22.5 Å². The number of carboxylic acid groups (broad SMARTS) is 1. The number of carboxylic acids is 1. The van der Waals surface area contributed by atoms with Crippen molar-refractivity contribution in [2.45, 2.75) is 52.5 Å². The van der Waals surface area contributed by atoms with Gasteiger partial charge in [0.1, 0.15) is 5.75 Å². The molecule has 0 spiro atoms. The number of ketones is 1. The number of rotatable bonds is 9. The molecule has 0 radical (unpaired) electrons. The van der Waals surface area contributed by atoms with Crippen LogP contribution in [0.3, 0.4) is 0 Å². The zero-order valence-electron chi connectivity index (χ0n) is 21.5. The first-order valence-electron chi connectivity index (χ1n) is 12.5. The van der Waals surface area contributed by atoms with E-state index >= 15 is 0 Å². The van der Waals surface area contributed by atoms with Crippen molar-refractivity contribution in [2.24, 2.45) is 5.92 Å². The molecule has 1 atom stereocenters. The lowest BCUT2D eigenvalue weighted by Gasteiger charge is -2.35. The molecule has 1 aliphatic rings. The number of ether oxygens (including phenoxy) is 1. The second kappa shape index (κ2) is 10.7. The lowest BCUT2D eigenvalue weighted by molar-refractivity contribution is -0.138. The number of nitrogens with one attached hydrogen (secondary N) is 1. The van der Waals surface area contributed by atoms with Gasteiger partial charge in [-0.15, -0.1) is 0 Å². The van der Waals surface area contributed by atoms with Crippen LogP contribution < -0.4 is 10.3 Å². The molecule has 1 saturated heterocycles. The molecule has 2 aromatic heterocycles. The first-order chi connectivity index (χ1) is 17.2. The van der Waals surface area contributed by atoms with Crippen LogP contribution in [0.1, 0.15) is 59.5 Å². The molecule has 2 N–H and O–H groups in total. The number of aromatic amines is 1. The Labute approximate surface area is 210 Å². The quantitative estimate of drug-likeness (QED) is 0.435. The van der Waals surface area contributed by atoms with Crippen LogP contribution in [-0.2, 0) is 11.2 Å². The van der Waals surface area contributed by atoms with Crippen molar-refractivity contribution in [2.75, 3.05) is 26.7 Å². The van der Waals surface area contributed by atoms with Crippen molar-refractivity contribution in [1.82, 2.24) is 14.5 Å². The number of Topliss-reactive ketones (excluding diaryl/α,β-unsaturated/α-hetero) is 1. The molecule has 1 aliphatic heterocycles. The molecule has 0 saturated carbocycles. The number of methoxy groups -OCH3 is 1. The van der Waals surface area contributed by atoms with Crippen LogP contribution in [0, 0.1) is 19.8 Å². The average molecular weight is 494 g/mol. The third-order valence-corrected chi connectivity index (χ3v) is 7.57. The fourth-order valence-corrected chi connectivity index (χ4v) is 5.73. The number of H-pyrrole nitrogens is 1. The van der Waals surface area contributed by atoms with Crippen molar-refractivity contribution in [3.63, 3.8) is 0 Å². The maximum Gasteiger partial charge on any atom is 0.317 e. The molecular weight excluding hydrogens is 458 g/mol. The van der Waals surface area contributed by atoms with Crippen LogP contribution >= 0.6 is 0 Å². The van der Waals surface area contributed by atoms with E-state index in [1.807, 2.05) is 30.0 Å². The average Bonchev–Trinajstić information content (AvgIpc) is 3.14. The zero-order chi connectivity index (χ0) is 26.0. The molecule has 3 aromatic rings. The second-order valence-corrected chi connectivity index (χ2v) is 9.85. The molecule has 1 fully saturated rings. The fraction of sp³-hybridized carbons (Fsp3) is 0.464. The van der Waals surface area contributed by atoms with Crippen LogP contribution in [0.2, 0.25) is 0 Å². The number of fused-ring (bicyclic) bond motifs is 1. The zero-order valence-corrected chi connectivity index (χ0v) is 21.5. The Hall–Kier alpha value is -3.39. The van der Waals surface area contributed by atoms with Crippen molar-refractivity contribution < 1.29 is 19.4 Å². The second-order valence-electron chi connectivity index (χ2n) is 9.85. The van der Waals surface area contributed by atoms with Gasteiger partial charge in [0.15, 0.2) is 5.78 Å². The predicted molar refractivity (Wildman–Crippen MR) is 139 cm³/mol. The first kappa shape index (κ1) is 25.7. The molecule has 192 valence electrons. The van der Waals surface area contributed by atoms with E-state index in [1.165, 1.54) is 7.11 Å². The molecule has 1 aromatic carbocycles. The van der Waals surface area contributed by atoms with Crippen molar-refractivity contribution in [3.8, 4) is 5.75 Å². The van der Waals surface area contributed by atoms with Gasteiger partial charge < -0.3 is 19.4 Å². The van der Waals surface area contributed by atoms with Gasteiger partial charge >= 0.3 is 5.97 Å². The minimum Gasteiger partial charge on any atom is -0.496 e. The number of pyridine rings is 1. The molecular formula is C28H35N3O5. The molecule has 3 heterocycles. The standard InChI is InChI=1S/C28H35N3O5/c1-17-15-25(36-4)22(28(35)29-17)9-10-24(32)27-19(3)31(23-8-6-5-7-21(23)27)18(2)20-11-13-30(14-12-20)16-26(33)34/h5-8,15,18,20H,9-14,16H2,1-4H3,(H,29,35)(H,33,34). The van der Waals surface area contributed by atoms with Gasteiger partial charge in [-0.05, 0) is 71.2 Å². The maximum absolute atomic E-state index is 13.6. The van der Waals surface area contributed by atoms with Gasteiger partial charge in [-0.3, -0.25) is 19.3 Å². The highest BCUT2D eigenvalue weighted by Gasteiger charge is 2.29. The van der Waals surface area contributed by atoms with E-state index in [-0.39, 0.29) is 30.3 Å². The first-order valence-corrected chi connectivity index (χ1v) is 12.5. The summed E-state index contributed by atoms with van der Waals surface area (Å²) in [6.45, 7) is 7.61. The number of carbonyl (C=O) groups excluding carboxylic acids is 1. The van der Waals surface area contributed by atoms with Gasteiger partial charge in [0.2, 0.25) is 0 Å². The van der Waals surface area contributed by atoms with E-state index in [4.69, 9.17) is 9.84 Å². The van der Waals surface area contributed by atoms with Crippen LogP contribution in [-0.4, -0.2) is 58.1 Å². The molecule has 8 heteroatoms. The normalized spacial score (nSPS) is 15.8. The summed E-state index contributed by atoms with van der Waals surface area (Å²) in [5.74, 6) is 0.115. The Kier molecular flexibility index (Phi) is 7.64. The van der Waals surface area contributed by atoms with Gasteiger partial charge in [-0.25, -0.2) is 0 Å². The van der Waals surface area contributed by atoms with E-state index in [1.54, 1.807) is 13.0 Å². The number of para-hydroxylation sites is 1. The number of aliphatic carboxylic acids is 1. The summed E-state index contributed by atoms with van der Waals surface area (Å²) >= 11 is 0. The third kappa shape index (κ3) is 5.09. The fourth-order valence-electron chi connectivity index (χ4n) is 5.73. The molecule has 0 bridgehead atoms. The summed E-state index contributed by atoms with van der Waals surface area (Å²) in [7, 11) is 1.53. The number of nitrogens with zero attached hydrogens (tertiary/aromatic N) is 2. The Morgan fingerprint density at radius 3 is 2.56 bits per heavy atom. The summed E-state index contributed by atoms with van der Waals surface area (Å²) in [5.41, 5.74) is 3.66. The van der Waals surface area contributed by atoms with Crippen LogP contribution in [0.25, 0.3) is 10.9 Å². The van der Waals surface area contributed by atoms with Crippen molar-refractivity contribution >= 4 is 22.7 Å². The minimum atomic E-state index is -0.790. The highest BCUT2D eigenvalue weighted by atomic mass is 16.5. The summed E-state index contributed by atoms with van der Waals surface area (Å²) in [5, 5.41) is 10.0. The number of benzene rings is 1. The number of hydrogen-bond acceptors (Lipinski definition) is 5. The number of piperidine rings is 1. The highest BCUT2D eigenvalue weighted by Crippen LogP contribution is 2.36. The lowest BCUT2D eigenvalue weighted by atomic mass is 9.90.